The van der Waals surface area contributed by atoms with E-state index in [9.17, 15) is 5.11 Å². The number of aryl methyl sites for hydroxylation is 1. The molecule has 1 aliphatic heterocycles. The molecular weight excluding hydrogens is 204 g/mol. The first kappa shape index (κ1) is 11.7. The second-order valence-corrected chi connectivity index (χ2v) is 4.48. The molecule has 1 aromatic rings. The van der Waals surface area contributed by atoms with Gasteiger partial charge in [-0.3, -0.25) is 0 Å². The van der Waals surface area contributed by atoms with Crippen molar-refractivity contribution in [3.8, 4) is 0 Å². The van der Waals surface area contributed by atoms with Gasteiger partial charge in [-0.2, -0.15) is 0 Å². The Bertz CT molecular complexity index is 275. The van der Waals surface area contributed by atoms with E-state index >= 15 is 0 Å². The van der Waals surface area contributed by atoms with E-state index in [1.54, 1.807) is 6.26 Å². The fourth-order valence-electron chi connectivity index (χ4n) is 2.16. The van der Waals surface area contributed by atoms with Gasteiger partial charge in [-0.1, -0.05) is 0 Å². The van der Waals surface area contributed by atoms with E-state index in [2.05, 4.69) is 0 Å². The summed E-state index contributed by atoms with van der Waals surface area (Å²) in [4.78, 5) is 0. The summed E-state index contributed by atoms with van der Waals surface area (Å²) in [6.07, 6.45) is 7.59. The van der Waals surface area contributed by atoms with Crippen molar-refractivity contribution in [1.82, 2.24) is 0 Å². The molecule has 0 amide bonds. The predicted octanol–water partition coefficient (Wildman–Crippen LogP) is 2.53. The van der Waals surface area contributed by atoms with Crippen LogP contribution in [-0.2, 0) is 11.2 Å². The van der Waals surface area contributed by atoms with E-state index in [4.69, 9.17) is 9.15 Å². The zero-order valence-electron chi connectivity index (χ0n) is 9.60. The minimum absolute atomic E-state index is 0.228. The second kappa shape index (κ2) is 6.06. The SMILES string of the molecule is OC(CCc1ccco1)CCC1CCCO1. The molecule has 3 heteroatoms. The van der Waals surface area contributed by atoms with Crippen molar-refractivity contribution in [3.05, 3.63) is 24.2 Å². The molecule has 2 heterocycles. The number of ether oxygens (including phenoxy) is 1. The van der Waals surface area contributed by atoms with E-state index < -0.39 is 0 Å². The molecule has 0 radical (unpaired) electrons. The zero-order chi connectivity index (χ0) is 11.2. The van der Waals surface area contributed by atoms with E-state index in [0.29, 0.717) is 6.10 Å². The molecule has 2 rings (SSSR count). The van der Waals surface area contributed by atoms with Crippen LogP contribution < -0.4 is 0 Å². The van der Waals surface area contributed by atoms with E-state index in [0.717, 1.165) is 44.5 Å². The predicted molar refractivity (Wildman–Crippen MR) is 61.2 cm³/mol. The summed E-state index contributed by atoms with van der Waals surface area (Å²) in [6.45, 7) is 0.896. The summed E-state index contributed by atoms with van der Waals surface area (Å²) in [5, 5.41) is 9.81. The minimum atomic E-state index is -0.228. The fourth-order valence-corrected chi connectivity index (χ4v) is 2.16. The molecule has 1 aromatic heterocycles. The molecular formula is C13H20O3. The number of rotatable bonds is 6. The molecule has 0 aromatic carbocycles. The Hall–Kier alpha value is -0.800. The van der Waals surface area contributed by atoms with Crippen molar-refractivity contribution < 1.29 is 14.3 Å². The normalized spacial score (nSPS) is 22.4. The summed E-state index contributed by atoms with van der Waals surface area (Å²) in [5.41, 5.74) is 0. The van der Waals surface area contributed by atoms with Gasteiger partial charge in [-0.05, 0) is 44.2 Å². The van der Waals surface area contributed by atoms with Crippen LogP contribution in [0.15, 0.2) is 22.8 Å². The fraction of sp³-hybridized carbons (Fsp3) is 0.692. The monoisotopic (exact) mass is 224 g/mol. The largest absolute Gasteiger partial charge is 0.469 e. The Morgan fingerprint density at radius 3 is 3.06 bits per heavy atom. The molecule has 0 aliphatic carbocycles. The van der Waals surface area contributed by atoms with Crippen LogP contribution in [0, 0.1) is 0 Å². The van der Waals surface area contributed by atoms with Gasteiger partial charge in [-0.25, -0.2) is 0 Å². The number of hydrogen-bond acceptors (Lipinski definition) is 3. The molecule has 16 heavy (non-hydrogen) atoms. The number of aliphatic hydroxyl groups excluding tert-OH is 1. The van der Waals surface area contributed by atoms with E-state index in [1.165, 1.54) is 6.42 Å². The third-order valence-electron chi connectivity index (χ3n) is 3.15. The lowest BCUT2D eigenvalue weighted by Crippen LogP contribution is -2.13. The Morgan fingerprint density at radius 1 is 1.44 bits per heavy atom. The molecule has 90 valence electrons. The molecule has 2 atom stereocenters. The van der Waals surface area contributed by atoms with Gasteiger partial charge in [0.05, 0.1) is 18.5 Å². The first-order valence-electron chi connectivity index (χ1n) is 6.16. The highest BCUT2D eigenvalue weighted by Crippen LogP contribution is 2.19. The molecule has 0 saturated carbocycles. The van der Waals surface area contributed by atoms with Crippen molar-refractivity contribution in [2.24, 2.45) is 0 Å². The van der Waals surface area contributed by atoms with Gasteiger partial charge in [-0.15, -0.1) is 0 Å². The summed E-state index contributed by atoms with van der Waals surface area (Å²) in [7, 11) is 0. The van der Waals surface area contributed by atoms with Gasteiger partial charge in [0.1, 0.15) is 5.76 Å². The number of furan rings is 1. The van der Waals surface area contributed by atoms with Gasteiger partial charge >= 0.3 is 0 Å². The Balaban J connectivity index is 1.58. The lowest BCUT2D eigenvalue weighted by atomic mass is 10.0. The molecule has 1 fully saturated rings. The molecule has 0 bridgehead atoms. The Kier molecular flexibility index (Phi) is 4.43. The summed E-state index contributed by atoms with van der Waals surface area (Å²) in [5.74, 6) is 0.955. The van der Waals surface area contributed by atoms with Gasteiger partial charge in [0.2, 0.25) is 0 Å². The van der Waals surface area contributed by atoms with Crippen LogP contribution in [0.3, 0.4) is 0 Å². The standard InChI is InChI=1S/C13H20O3/c14-11(5-7-12-3-1-9-15-12)6-8-13-4-2-10-16-13/h1,3,9,11,13-14H,2,4-8,10H2. The smallest absolute Gasteiger partial charge is 0.103 e. The molecule has 1 aliphatic rings. The topological polar surface area (TPSA) is 42.6 Å². The first-order chi connectivity index (χ1) is 7.84. The second-order valence-electron chi connectivity index (χ2n) is 4.48. The van der Waals surface area contributed by atoms with Crippen molar-refractivity contribution in [3.63, 3.8) is 0 Å². The maximum absolute atomic E-state index is 9.81. The third kappa shape index (κ3) is 3.65. The Labute approximate surface area is 96.4 Å². The summed E-state index contributed by atoms with van der Waals surface area (Å²) >= 11 is 0. The molecule has 3 nitrogen and oxygen atoms in total. The van der Waals surface area contributed by atoms with Gasteiger partial charge < -0.3 is 14.3 Å². The van der Waals surface area contributed by atoms with Crippen LogP contribution in [0.4, 0.5) is 0 Å². The van der Waals surface area contributed by atoms with Gasteiger partial charge in [0, 0.05) is 13.0 Å². The lowest BCUT2D eigenvalue weighted by Gasteiger charge is -2.13. The van der Waals surface area contributed by atoms with Crippen LogP contribution in [0.1, 0.15) is 37.9 Å². The van der Waals surface area contributed by atoms with E-state index in [1.807, 2.05) is 12.1 Å². The molecule has 1 saturated heterocycles. The highest BCUT2D eigenvalue weighted by atomic mass is 16.5. The van der Waals surface area contributed by atoms with Crippen molar-refractivity contribution >= 4 is 0 Å². The van der Waals surface area contributed by atoms with Crippen LogP contribution in [0.5, 0.6) is 0 Å². The van der Waals surface area contributed by atoms with Gasteiger partial charge in [0.25, 0.3) is 0 Å². The van der Waals surface area contributed by atoms with Crippen LogP contribution >= 0.6 is 0 Å². The average Bonchev–Trinajstić information content (AvgIpc) is 2.96. The van der Waals surface area contributed by atoms with Gasteiger partial charge in [0.15, 0.2) is 0 Å². The quantitative estimate of drug-likeness (QED) is 0.807. The molecule has 2 unspecified atom stereocenters. The van der Waals surface area contributed by atoms with Crippen LogP contribution in [0.2, 0.25) is 0 Å². The maximum Gasteiger partial charge on any atom is 0.103 e. The van der Waals surface area contributed by atoms with Crippen LogP contribution in [-0.4, -0.2) is 23.9 Å². The van der Waals surface area contributed by atoms with Crippen molar-refractivity contribution in [1.29, 1.82) is 0 Å². The van der Waals surface area contributed by atoms with E-state index in [-0.39, 0.29) is 6.10 Å². The molecule has 1 N–H and O–H groups in total. The highest BCUT2D eigenvalue weighted by molar-refractivity contribution is 4.98. The van der Waals surface area contributed by atoms with Crippen LogP contribution in [0.25, 0.3) is 0 Å². The first-order valence-corrected chi connectivity index (χ1v) is 6.16. The highest BCUT2D eigenvalue weighted by Gasteiger charge is 2.16. The number of hydrogen-bond donors (Lipinski definition) is 1. The summed E-state index contributed by atoms with van der Waals surface area (Å²) < 4.78 is 10.8. The van der Waals surface area contributed by atoms with Crippen molar-refractivity contribution in [2.45, 2.75) is 50.7 Å². The lowest BCUT2D eigenvalue weighted by molar-refractivity contribution is 0.0787. The minimum Gasteiger partial charge on any atom is -0.469 e. The average molecular weight is 224 g/mol. The molecule has 0 spiro atoms. The number of aliphatic hydroxyl groups is 1. The Morgan fingerprint density at radius 2 is 2.38 bits per heavy atom. The zero-order valence-corrected chi connectivity index (χ0v) is 9.60. The summed E-state index contributed by atoms with van der Waals surface area (Å²) in [6, 6.07) is 3.83. The maximum atomic E-state index is 9.81. The van der Waals surface area contributed by atoms with Crippen molar-refractivity contribution in [2.75, 3.05) is 6.61 Å². The third-order valence-corrected chi connectivity index (χ3v) is 3.15.